The van der Waals surface area contributed by atoms with Gasteiger partial charge in [-0.05, 0) is 12.2 Å². The van der Waals surface area contributed by atoms with Gasteiger partial charge in [-0.2, -0.15) is 8.42 Å². The molecule has 0 unspecified atom stereocenters. The summed E-state index contributed by atoms with van der Waals surface area (Å²) in [6.45, 7) is -0.413. The van der Waals surface area contributed by atoms with Gasteiger partial charge >= 0.3 is 10.4 Å². The summed E-state index contributed by atoms with van der Waals surface area (Å²) in [6.07, 6.45) is 7.40. The minimum absolute atomic E-state index is 0.188. The maximum atomic E-state index is 10.4. The molecule has 0 saturated heterocycles. The van der Waals surface area contributed by atoms with Gasteiger partial charge in [0.1, 0.15) is 0 Å². The van der Waals surface area contributed by atoms with Gasteiger partial charge in [-0.3, -0.25) is 4.55 Å². The predicted octanol–water partition coefficient (Wildman–Crippen LogP) is -0.0175. The van der Waals surface area contributed by atoms with Gasteiger partial charge < -0.3 is 5.11 Å². The summed E-state index contributed by atoms with van der Waals surface area (Å²) in [4.78, 5) is 0. The van der Waals surface area contributed by atoms with Gasteiger partial charge in [-0.15, -0.1) is 4.28 Å². The lowest BCUT2D eigenvalue weighted by atomic mass is 10.4. The number of aliphatic hydroxyl groups is 1. The van der Waals surface area contributed by atoms with Gasteiger partial charge in [0.2, 0.25) is 0 Å². The van der Waals surface area contributed by atoms with Crippen LogP contribution in [0, 0.1) is 0 Å². The van der Waals surface area contributed by atoms with Gasteiger partial charge in [-0.25, -0.2) is 5.06 Å². The van der Waals surface area contributed by atoms with E-state index in [1.54, 1.807) is 12.2 Å². The van der Waals surface area contributed by atoms with Gasteiger partial charge in [0, 0.05) is 6.20 Å². The van der Waals surface area contributed by atoms with Crippen molar-refractivity contribution >= 4 is 10.4 Å². The Hall–Kier alpha value is -1.15. The minimum atomic E-state index is -4.59. The molecule has 1 rings (SSSR count). The maximum absolute atomic E-state index is 10.4. The van der Waals surface area contributed by atoms with E-state index in [0.29, 0.717) is 0 Å². The molecule has 2 N–H and O–H groups in total. The normalized spacial score (nSPS) is 16.7. The summed E-state index contributed by atoms with van der Waals surface area (Å²) in [5.41, 5.74) is 0.188. The van der Waals surface area contributed by atoms with E-state index in [2.05, 4.69) is 4.28 Å². The Morgan fingerprint density at radius 3 is 2.64 bits per heavy atom. The van der Waals surface area contributed by atoms with Crippen LogP contribution in [0.15, 0.2) is 36.2 Å². The van der Waals surface area contributed by atoms with E-state index >= 15 is 0 Å². The number of nitrogens with zero attached hydrogens (tertiary/aromatic N) is 1. The molecular formula is C7H9NO5S. The van der Waals surface area contributed by atoms with Gasteiger partial charge in [0.05, 0.1) is 12.3 Å². The Labute approximate surface area is 81.3 Å². The zero-order valence-corrected chi connectivity index (χ0v) is 7.88. The molecule has 0 aliphatic carbocycles. The summed E-state index contributed by atoms with van der Waals surface area (Å²) < 4.78 is 33.4. The van der Waals surface area contributed by atoms with Crippen molar-refractivity contribution in [3.63, 3.8) is 0 Å². The lowest BCUT2D eigenvalue weighted by Crippen LogP contribution is -2.23. The highest BCUT2D eigenvalue weighted by atomic mass is 32.3. The Balaban J connectivity index is 2.86. The fourth-order valence-corrected chi connectivity index (χ4v) is 1.17. The SMILES string of the molecule is O=S(=O)(O)ON1C=CC=CC=C1CO. The fraction of sp³-hybridized carbons (Fsp3) is 0.143. The number of aliphatic hydroxyl groups excluding tert-OH is 1. The first-order chi connectivity index (χ1) is 6.53. The van der Waals surface area contributed by atoms with Crippen molar-refractivity contribution in [1.82, 2.24) is 5.06 Å². The number of hydrogen-bond donors (Lipinski definition) is 2. The predicted molar refractivity (Wildman–Crippen MR) is 47.9 cm³/mol. The van der Waals surface area contributed by atoms with Gasteiger partial charge in [-0.1, -0.05) is 12.2 Å². The van der Waals surface area contributed by atoms with Crippen LogP contribution in [0.4, 0.5) is 0 Å². The van der Waals surface area contributed by atoms with Crippen LogP contribution >= 0.6 is 0 Å². The second-order valence-electron chi connectivity index (χ2n) is 2.37. The van der Waals surface area contributed by atoms with Crippen LogP contribution < -0.4 is 0 Å². The van der Waals surface area contributed by atoms with Crippen LogP contribution in [-0.4, -0.2) is 29.7 Å². The van der Waals surface area contributed by atoms with Crippen molar-refractivity contribution in [2.24, 2.45) is 0 Å². The lowest BCUT2D eigenvalue weighted by Gasteiger charge is -2.17. The molecule has 1 heterocycles. The van der Waals surface area contributed by atoms with Crippen LogP contribution in [0.3, 0.4) is 0 Å². The Kier molecular flexibility index (Phi) is 3.42. The largest absolute Gasteiger partial charge is 0.418 e. The van der Waals surface area contributed by atoms with E-state index in [1.165, 1.54) is 18.4 Å². The molecular weight excluding hydrogens is 210 g/mol. The van der Waals surface area contributed by atoms with Crippen LogP contribution in [0.2, 0.25) is 0 Å². The molecule has 7 heteroatoms. The summed E-state index contributed by atoms with van der Waals surface area (Å²) in [5.74, 6) is 0. The average molecular weight is 219 g/mol. The average Bonchev–Trinajstić information content (AvgIpc) is 2.27. The molecule has 0 radical (unpaired) electrons. The highest BCUT2D eigenvalue weighted by molar-refractivity contribution is 7.80. The molecule has 0 atom stereocenters. The van der Waals surface area contributed by atoms with Crippen LogP contribution in [0.25, 0.3) is 0 Å². The molecule has 0 aromatic carbocycles. The molecule has 0 fully saturated rings. The molecule has 1 aliphatic rings. The number of rotatable bonds is 3. The molecule has 0 amide bonds. The van der Waals surface area contributed by atoms with E-state index < -0.39 is 17.0 Å². The zero-order valence-electron chi connectivity index (χ0n) is 7.07. The highest BCUT2D eigenvalue weighted by Crippen LogP contribution is 2.11. The summed E-state index contributed by atoms with van der Waals surface area (Å²) in [6, 6.07) is 0. The Morgan fingerprint density at radius 1 is 1.36 bits per heavy atom. The third kappa shape index (κ3) is 3.30. The molecule has 0 spiro atoms. The maximum Gasteiger partial charge on any atom is 0.418 e. The second-order valence-corrected chi connectivity index (χ2v) is 3.38. The molecule has 78 valence electrons. The van der Waals surface area contributed by atoms with Crippen molar-refractivity contribution in [2.45, 2.75) is 0 Å². The number of hydrogen-bond acceptors (Lipinski definition) is 5. The smallest absolute Gasteiger partial charge is 0.390 e. The number of allylic oxidation sites excluding steroid dienone is 4. The summed E-state index contributed by atoms with van der Waals surface area (Å²) in [5, 5.41) is 9.61. The molecule has 14 heavy (non-hydrogen) atoms. The Bertz CT molecular complexity index is 381. The van der Waals surface area contributed by atoms with E-state index in [0.717, 1.165) is 5.06 Å². The third-order valence-corrected chi connectivity index (χ3v) is 1.70. The van der Waals surface area contributed by atoms with E-state index in [1.807, 2.05) is 0 Å². The Morgan fingerprint density at radius 2 is 2.07 bits per heavy atom. The second kappa shape index (κ2) is 4.38. The highest BCUT2D eigenvalue weighted by Gasteiger charge is 2.15. The van der Waals surface area contributed by atoms with Crippen LogP contribution in [0.5, 0.6) is 0 Å². The molecule has 0 bridgehead atoms. The number of hydroxylamine groups is 2. The zero-order chi connectivity index (χ0) is 10.6. The van der Waals surface area contributed by atoms with Crippen molar-refractivity contribution < 1.29 is 22.4 Å². The van der Waals surface area contributed by atoms with E-state index in [4.69, 9.17) is 9.66 Å². The molecule has 1 aliphatic heterocycles. The molecule has 0 aromatic heterocycles. The van der Waals surface area contributed by atoms with Gasteiger partial charge in [0.15, 0.2) is 0 Å². The third-order valence-electron chi connectivity index (χ3n) is 1.35. The first-order valence-corrected chi connectivity index (χ1v) is 5.00. The van der Waals surface area contributed by atoms with Gasteiger partial charge in [0.25, 0.3) is 0 Å². The van der Waals surface area contributed by atoms with E-state index in [-0.39, 0.29) is 5.70 Å². The van der Waals surface area contributed by atoms with Crippen molar-refractivity contribution in [3.05, 3.63) is 36.2 Å². The van der Waals surface area contributed by atoms with E-state index in [9.17, 15) is 8.42 Å². The summed E-state index contributed by atoms with van der Waals surface area (Å²) in [7, 11) is -4.59. The molecule has 0 saturated carbocycles. The van der Waals surface area contributed by atoms with Crippen molar-refractivity contribution in [3.8, 4) is 0 Å². The standard InChI is InChI=1S/C7H9NO5S/c9-6-7-4-2-1-3-5-8(7)13-14(10,11)12/h1-5,9H,6H2,(H,10,11,12). The summed E-state index contributed by atoms with van der Waals surface area (Å²) >= 11 is 0. The quantitative estimate of drug-likeness (QED) is 0.649. The topological polar surface area (TPSA) is 87.1 Å². The molecule has 0 aromatic rings. The first kappa shape index (κ1) is 10.9. The minimum Gasteiger partial charge on any atom is -0.390 e. The lowest BCUT2D eigenvalue weighted by molar-refractivity contribution is 0.0133. The van der Waals surface area contributed by atoms with Crippen molar-refractivity contribution in [1.29, 1.82) is 0 Å². The van der Waals surface area contributed by atoms with Crippen LogP contribution in [-0.2, 0) is 14.7 Å². The molecule has 6 nitrogen and oxygen atoms in total. The first-order valence-electron chi connectivity index (χ1n) is 3.64. The monoisotopic (exact) mass is 219 g/mol. The van der Waals surface area contributed by atoms with Crippen LogP contribution in [0.1, 0.15) is 0 Å². The van der Waals surface area contributed by atoms with Crippen molar-refractivity contribution in [2.75, 3.05) is 6.61 Å². The fourth-order valence-electron chi connectivity index (χ4n) is 0.824.